The van der Waals surface area contributed by atoms with E-state index in [2.05, 4.69) is 21.0 Å². The van der Waals surface area contributed by atoms with Gasteiger partial charge in [0.2, 0.25) is 0 Å². The zero-order valence-corrected chi connectivity index (χ0v) is 18.5. The van der Waals surface area contributed by atoms with E-state index < -0.39 is 29.2 Å². The maximum absolute atomic E-state index is 13.1. The molecule has 0 saturated heterocycles. The molecule has 1 unspecified atom stereocenters. The number of benzene rings is 2. The lowest BCUT2D eigenvalue weighted by Gasteiger charge is -2.33. The Balaban J connectivity index is 1.73. The molecule has 4 rings (SSSR count). The minimum atomic E-state index is -4.55. The zero-order chi connectivity index (χ0) is 23.3. The molecule has 11 heteroatoms. The fourth-order valence-corrected chi connectivity index (χ4v) is 3.96. The molecule has 2 amide bonds. The molecule has 0 aromatic heterocycles. The molecule has 2 heterocycles. The van der Waals surface area contributed by atoms with Crippen LogP contribution < -0.4 is 9.64 Å². The van der Waals surface area contributed by atoms with Crippen LogP contribution in [0.2, 0.25) is 0 Å². The first-order valence-corrected chi connectivity index (χ1v) is 10.2. The van der Waals surface area contributed by atoms with Crippen molar-refractivity contribution in [3.8, 4) is 5.75 Å². The predicted molar refractivity (Wildman–Crippen MR) is 113 cm³/mol. The summed E-state index contributed by atoms with van der Waals surface area (Å²) in [6.45, 7) is -0.478. The third kappa shape index (κ3) is 3.60. The van der Waals surface area contributed by atoms with Crippen molar-refractivity contribution in [3.05, 3.63) is 58.1 Å². The Bertz CT molecular complexity index is 1120. The van der Waals surface area contributed by atoms with Crippen molar-refractivity contribution >= 4 is 39.3 Å². The van der Waals surface area contributed by atoms with Crippen LogP contribution in [0.25, 0.3) is 0 Å². The van der Waals surface area contributed by atoms with Gasteiger partial charge in [0.25, 0.3) is 0 Å². The fraction of sp³-hybridized carbons (Fsp3) is 0.286. The first kappa shape index (κ1) is 22.1. The number of hydrogen-bond acceptors (Lipinski definition) is 5. The van der Waals surface area contributed by atoms with Crippen molar-refractivity contribution in [1.29, 1.82) is 0 Å². The molecule has 0 radical (unpaired) electrons. The van der Waals surface area contributed by atoms with E-state index >= 15 is 0 Å². The Morgan fingerprint density at radius 3 is 2.53 bits per heavy atom. The highest BCUT2D eigenvalue weighted by atomic mass is 79.9. The van der Waals surface area contributed by atoms with Crippen molar-refractivity contribution in [2.45, 2.75) is 6.18 Å². The van der Waals surface area contributed by atoms with Crippen LogP contribution in [0.4, 0.5) is 23.7 Å². The van der Waals surface area contributed by atoms with E-state index in [9.17, 15) is 22.8 Å². The highest BCUT2D eigenvalue weighted by Crippen LogP contribution is 2.43. The molecule has 2 aromatic rings. The topological polar surface area (TPSA) is 71.4 Å². The summed E-state index contributed by atoms with van der Waals surface area (Å²) in [5.74, 6) is -0.753. The van der Waals surface area contributed by atoms with Crippen LogP contribution in [0.1, 0.15) is 11.1 Å². The van der Waals surface area contributed by atoms with Gasteiger partial charge in [-0.15, -0.1) is 0 Å². The third-order valence-corrected chi connectivity index (χ3v) is 5.96. The maximum atomic E-state index is 13.1. The maximum Gasteiger partial charge on any atom is 0.416 e. The Morgan fingerprint density at radius 1 is 1.22 bits per heavy atom. The van der Waals surface area contributed by atoms with E-state index in [1.165, 1.54) is 18.1 Å². The zero-order valence-electron chi connectivity index (χ0n) is 16.9. The van der Waals surface area contributed by atoms with Crippen molar-refractivity contribution in [1.82, 2.24) is 5.01 Å². The van der Waals surface area contributed by atoms with E-state index in [1.54, 1.807) is 31.3 Å². The van der Waals surface area contributed by atoms with E-state index in [4.69, 9.17) is 9.47 Å². The van der Waals surface area contributed by atoms with E-state index in [0.29, 0.717) is 5.69 Å². The van der Waals surface area contributed by atoms with Crippen molar-refractivity contribution < 1.29 is 32.2 Å². The minimum Gasteiger partial charge on any atom is -0.491 e. The van der Waals surface area contributed by atoms with E-state index in [0.717, 1.165) is 21.6 Å². The second-order valence-corrected chi connectivity index (χ2v) is 8.31. The third-order valence-electron chi connectivity index (χ3n) is 5.43. The van der Waals surface area contributed by atoms with Gasteiger partial charge in [0.15, 0.2) is 5.41 Å². The van der Waals surface area contributed by atoms with Gasteiger partial charge >= 0.3 is 18.2 Å². The lowest BCUT2D eigenvalue weighted by molar-refractivity contribution is -0.150. The molecule has 0 spiro atoms. The number of amides is 2. The second-order valence-electron chi connectivity index (χ2n) is 7.40. The van der Waals surface area contributed by atoms with Gasteiger partial charge in [-0.25, -0.2) is 9.80 Å². The molecule has 0 fully saturated rings. The average molecular weight is 512 g/mol. The molecule has 1 atom stereocenters. The fourth-order valence-electron chi connectivity index (χ4n) is 3.70. The summed E-state index contributed by atoms with van der Waals surface area (Å²) in [7, 11) is 2.74. The number of halogens is 4. The summed E-state index contributed by atoms with van der Waals surface area (Å²) < 4.78 is 50.6. The molecular weight excluding hydrogens is 495 g/mol. The SMILES string of the molecule is COC(=O)C12COc3cc(C(F)(F)F)ccc3C1=NN(C(=O)N(C)c1ccc(Br)cc1)C2. The first-order valence-electron chi connectivity index (χ1n) is 9.39. The van der Waals surface area contributed by atoms with Gasteiger partial charge in [-0.3, -0.25) is 9.69 Å². The van der Waals surface area contributed by atoms with Gasteiger partial charge < -0.3 is 9.47 Å². The number of rotatable bonds is 2. The molecule has 0 aliphatic carbocycles. The largest absolute Gasteiger partial charge is 0.491 e. The lowest BCUT2D eigenvalue weighted by atomic mass is 9.78. The van der Waals surface area contributed by atoms with Crippen LogP contribution in [-0.4, -0.2) is 50.0 Å². The van der Waals surface area contributed by atoms with Crippen LogP contribution in [-0.2, 0) is 15.7 Å². The number of nitrogens with zero attached hydrogens (tertiary/aromatic N) is 3. The Hall–Kier alpha value is -3.08. The highest BCUT2D eigenvalue weighted by Gasteiger charge is 2.56. The smallest absolute Gasteiger partial charge is 0.416 e. The van der Waals surface area contributed by atoms with Crippen LogP contribution >= 0.6 is 15.9 Å². The number of fused-ring (bicyclic) bond motifs is 3. The van der Waals surface area contributed by atoms with Gasteiger partial charge in [0.05, 0.1) is 24.9 Å². The van der Waals surface area contributed by atoms with Gasteiger partial charge in [0.1, 0.15) is 12.4 Å². The van der Waals surface area contributed by atoms with Crippen LogP contribution in [0, 0.1) is 5.41 Å². The molecule has 0 bridgehead atoms. The highest BCUT2D eigenvalue weighted by molar-refractivity contribution is 9.10. The normalized spacial score (nSPS) is 19.4. The second kappa shape index (κ2) is 7.80. The molecule has 2 aromatic carbocycles. The van der Waals surface area contributed by atoms with Crippen molar-refractivity contribution in [2.75, 3.05) is 32.2 Å². The summed E-state index contributed by atoms with van der Waals surface area (Å²) in [6, 6.07) is 9.41. The summed E-state index contributed by atoms with van der Waals surface area (Å²) in [5.41, 5.74) is -1.40. The number of urea groups is 1. The molecule has 0 N–H and O–H groups in total. The van der Waals surface area contributed by atoms with Gasteiger partial charge in [-0.1, -0.05) is 15.9 Å². The Kier molecular flexibility index (Phi) is 5.40. The monoisotopic (exact) mass is 511 g/mol. The number of carbonyl (C=O) groups excluding carboxylic acids is 2. The standard InChI is InChI=1S/C21H17BrF3N3O4/c1-27(14-6-4-13(22)5-7-14)19(30)28-10-20(18(29)31-2)11-32-16-9-12(21(23,24)25)3-8-15(16)17(20)26-28/h3-9H,10-11H2,1-2H3. The average Bonchev–Trinajstić information content (AvgIpc) is 3.18. The van der Waals surface area contributed by atoms with Crippen LogP contribution in [0.15, 0.2) is 52.0 Å². The first-order chi connectivity index (χ1) is 15.1. The molecule has 168 valence electrons. The van der Waals surface area contributed by atoms with Gasteiger partial charge in [-0.05, 0) is 42.5 Å². The summed E-state index contributed by atoms with van der Waals surface area (Å²) >= 11 is 3.33. The predicted octanol–water partition coefficient (Wildman–Crippen LogP) is 4.30. The molecule has 2 aliphatic rings. The van der Waals surface area contributed by atoms with Crippen molar-refractivity contribution in [2.24, 2.45) is 10.5 Å². The quantitative estimate of drug-likeness (QED) is 0.563. The number of alkyl halides is 3. The summed E-state index contributed by atoms with van der Waals surface area (Å²) in [4.78, 5) is 27.2. The minimum absolute atomic E-state index is 0.0614. The molecule has 32 heavy (non-hydrogen) atoms. The Morgan fingerprint density at radius 2 is 1.91 bits per heavy atom. The molecule has 7 nitrogen and oxygen atoms in total. The molecule has 0 saturated carbocycles. The van der Waals surface area contributed by atoms with Crippen molar-refractivity contribution in [3.63, 3.8) is 0 Å². The van der Waals surface area contributed by atoms with Gasteiger partial charge in [0, 0.05) is 22.8 Å². The number of hydrogen-bond donors (Lipinski definition) is 0. The van der Waals surface area contributed by atoms with Gasteiger partial charge in [-0.2, -0.15) is 18.3 Å². The molecular formula is C21H17BrF3N3O4. The Labute approximate surface area is 189 Å². The lowest BCUT2D eigenvalue weighted by Crippen LogP contribution is -2.51. The van der Waals surface area contributed by atoms with Crippen LogP contribution in [0.3, 0.4) is 0 Å². The van der Waals surface area contributed by atoms with E-state index in [1.807, 2.05) is 0 Å². The molecule has 2 aliphatic heterocycles. The number of methoxy groups -OCH3 is 1. The number of hydrazone groups is 1. The number of ether oxygens (including phenoxy) is 2. The summed E-state index contributed by atoms with van der Waals surface area (Å²) in [6.07, 6.45) is -4.55. The number of anilines is 1. The van der Waals surface area contributed by atoms with Crippen LogP contribution in [0.5, 0.6) is 5.75 Å². The van der Waals surface area contributed by atoms with E-state index in [-0.39, 0.29) is 30.2 Å². The summed E-state index contributed by atoms with van der Waals surface area (Å²) in [5, 5.41) is 5.44. The number of esters is 1. The number of carbonyl (C=O) groups is 2.